The summed E-state index contributed by atoms with van der Waals surface area (Å²) in [6.07, 6.45) is 0. The second-order valence-corrected chi connectivity index (χ2v) is 6.24. The van der Waals surface area contributed by atoms with Gasteiger partial charge in [-0.25, -0.2) is 0 Å². The number of rotatable bonds is 4. The minimum atomic E-state index is -0.275. The van der Waals surface area contributed by atoms with E-state index in [1.165, 1.54) is 0 Å². The normalized spacial score (nSPS) is 14.0. The Morgan fingerprint density at radius 3 is 2.37 bits per heavy atom. The van der Waals surface area contributed by atoms with Crippen molar-refractivity contribution < 1.29 is 9.53 Å². The zero-order valence-electron chi connectivity index (χ0n) is 14.8. The lowest BCUT2D eigenvalue weighted by Gasteiger charge is -2.30. The van der Waals surface area contributed by atoms with Gasteiger partial charge in [-0.1, -0.05) is 42.5 Å². The Kier molecular flexibility index (Phi) is 5.07. The van der Waals surface area contributed by atoms with Gasteiger partial charge in [0.2, 0.25) is 0 Å². The molecule has 0 unspecified atom stereocenters. The van der Waals surface area contributed by atoms with Crippen molar-refractivity contribution >= 4 is 17.3 Å². The Bertz CT molecular complexity index is 907. The van der Waals surface area contributed by atoms with Crippen LogP contribution >= 0.6 is 0 Å². The summed E-state index contributed by atoms with van der Waals surface area (Å²) in [6.45, 7) is 2.99. The first kappa shape index (κ1) is 17.2. The van der Waals surface area contributed by atoms with E-state index in [-0.39, 0.29) is 11.6 Å². The number of para-hydroxylation sites is 2. The van der Waals surface area contributed by atoms with Crippen LogP contribution in [0.1, 0.15) is 10.5 Å². The van der Waals surface area contributed by atoms with Gasteiger partial charge in [-0.2, -0.15) is 0 Å². The van der Waals surface area contributed by atoms with Gasteiger partial charge in [-0.3, -0.25) is 4.79 Å². The van der Waals surface area contributed by atoms with Crippen LogP contribution in [-0.4, -0.2) is 42.4 Å². The second-order valence-electron chi connectivity index (χ2n) is 6.24. The molecule has 1 aliphatic rings. The van der Waals surface area contributed by atoms with Crippen LogP contribution < -0.4 is 10.2 Å². The molecule has 2 aromatic carbocycles. The second kappa shape index (κ2) is 7.97. The summed E-state index contributed by atoms with van der Waals surface area (Å²) in [7, 11) is 0. The number of hydrogen-bond acceptors (Lipinski definition) is 5. The van der Waals surface area contributed by atoms with Crippen LogP contribution in [0.2, 0.25) is 0 Å². The topological polar surface area (TPSA) is 67.4 Å². The third-order valence-electron chi connectivity index (χ3n) is 4.47. The number of morpholine rings is 1. The van der Waals surface area contributed by atoms with E-state index in [9.17, 15) is 4.79 Å². The van der Waals surface area contributed by atoms with E-state index in [1.807, 2.05) is 60.7 Å². The largest absolute Gasteiger partial charge is 0.378 e. The summed E-state index contributed by atoms with van der Waals surface area (Å²) in [5.74, 6) is -0.275. The molecule has 1 N–H and O–H groups in total. The summed E-state index contributed by atoms with van der Waals surface area (Å²) in [4.78, 5) is 14.9. The fourth-order valence-electron chi connectivity index (χ4n) is 3.06. The van der Waals surface area contributed by atoms with Crippen molar-refractivity contribution in [2.24, 2.45) is 0 Å². The van der Waals surface area contributed by atoms with Gasteiger partial charge >= 0.3 is 0 Å². The van der Waals surface area contributed by atoms with Crippen LogP contribution in [-0.2, 0) is 4.74 Å². The van der Waals surface area contributed by atoms with Crippen molar-refractivity contribution in [3.8, 4) is 11.3 Å². The van der Waals surface area contributed by atoms with Gasteiger partial charge in [0, 0.05) is 18.7 Å². The highest BCUT2D eigenvalue weighted by Gasteiger charge is 2.17. The monoisotopic (exact) mass is 360 g/mol. The fourth-order valence-corrected chi connectivity index (χ4v) is 3.06. The van der Waals surface area contributed by atoms with Crippen LogP contribution in [0, 0.1) is 0 Å². The van der Waals surface area contributed by atoms with Crippen LogP contribution in [0.4, 0.5) is 11.4 Å². The molecule has 3 aromatic rings. The van der Waals surface area contributed by atoms with Crippen LogP contribution in [0.15, 0.2) is 66.7 Å². The molecule has 6 heteroatoms. The number of carbonyl (C=O) groups excluding carboxylic acids is 1. The first-order chi connectivity index (χ1) is 13.3. The van der Waals surface area contributed by atoms with E-state index >= 15 is 0 Å². The van der Waals surface area contributed by atoms with Crippen LogP contribution in [0.5, 0.6) is 0 Å². The number of amides is 1. The first-order valence-corrected chi connectivity index (χ1v) is 8.93. The Balaban J connectivity index is 1.51. The molecule has 0 saturated carbocycles. The fraction of sp³-hybridized carbons (Fsp3) is 0.190. The van der Waals surface area contributed by atoms with Gasteiger partial charge in [0.25, 0.3) is 5.91 Å². The number of ether oxygens (including phenoxy) is 1. The number of aromatic nitrogens is 2. The molecule has 0 bridgehead atoms. The van der Waals surface area contributed by atoms with E-state index < -0.39 is 0 Å². The maximum absolute atomic E-state index is 12.6. The Morgan fingerprint density at radius 1 is 0.889 bits per heavy atom. The van der Waals surface area contributed by atoms with Crippen molar-refractivity contribution in [2.45, 2.75) is 0 Å². The van der Waals surface area contributed by atoms with E-state index in [2.05, 4.69) is 20.4 Å². The lowest BCUT2D eigenvalue weighted by Crippen LogP contribution is -2.36. The predicted octanol–water partition coefficient (Wildman–Crippen LogP) is 3.23. The average molecular weight is 360 g/mol. The maximum Gasteiger partial charge on any atom is 0.276 e. The highest BCUT2D eigenvalue weighted by molar-refractivity contribution is 6.04. The van der Waals surface area contributed by atoms with Gasteiger partial charge in [-0.15, -0.1) is 10.2 Å². The zero-order valence-corrected chi connectivity index (χ0v) is 14.8. The van der Waals surface area contributed by atoms with Gasteiger partial charge in [-0.05, 0) is 24.3 Å². The molecule has 27 heavy (non-hydrogen) atoms. The molecule has 1 aromatic heterocycles. The van der Waals surface area contributed by atoms with Gasteiger partial charge < -0.3 is 15.0 Å². The minimum absolute atomic E-state index is 0.275. The van der Waals surface area contributed by atoms with Crippen LogP contribution in [0.3, 0.4) is 0 Å². The van der Waals surface area contributed by atoms with Crippen molar-refractivity contribution in [3.63, 3.8) is 0 Å². The van der Waals surface area contributed by atoms with Crippen LogP contribution in [0.25, 0.3) is 11.3 Å². The van der Waals surface area contributed by atoms with Crippen molar-refractivity contribution in [1.29, 1.82) is 0 Å². The molecule has 0 aliphatic carbocycles. The van der Waals surface area contributed by atoms with E-state index in [0.29, 0.717) is 13.2 Å². The summed E-state index contributed by atoms with van der Waals surface area (Å²) in [5, 5.41) is 11.2. The molecule has 1 saturated heterocycles. The summed E-state index contributed by atoms with van der Waals surface area (Å²) in [5.41, 5.74) is 3.74. The molecule has 6 nitrogen and oxygen atoms in total. The number of nitrogens with one attached hydrogen (secondary N) is 1. The minimum Gasteiger partial charge on any atom is -0.378 e. The highest BCUT2D eigenvalue weighted by atomic mass is 16.5. The highest BCUT2D eigenvalue weighted by Crippen LogP contribution is 2.26. The molecule has 1 amide bonds. The molecule has 0 radical (unpaired) electrons. The molecule has 2 heterocycles. The molecular formula is C21H20N4O2. The van der Waals surface area contributed by atoms with Crippen molar-refractivity contribution in [1.82, 2.24) is 10.2 Å². The Hall–Kier alpha value is -3.25. The number of anilines is 2. The molecule has 0 spiro atoms. The molecule has 1 aliphatic heterocycles. The SMILES string of the molecule is O=C(Nc1ccccc1N1CCOCC1)c1ccc(-c2ccccc2)nn1. The Morgan fingerprint density at radius 2 is 1.63 bits per heavy atom. The van der Waals surface area contributed by atoms with E-state index in [0.717, 1.165) is 35.7 Å². The number of hydrogen-bond donors (Lipinski definition) is 1. The number of nitrogens with zero attached hydrogens (tertiary/aromatic N) is 3. The number of carbonyl (C=O) groups is 1. The van der Waals surface area contributed by atoms with E-state index in [1.54, 1.807) is 6.07 Å². The molecule has 4 rings (SSSR count). The van der Waals surface area contributed by atoms with Crippen molar-refractivity contribution in [2.75, 3.05) is 36.5 Å². The summed E-state index contributed by atoms with van der Waals surface area (Å²) >= 11 is 0. The lowest BCUT2D eigenvalue weighted by atomic mass is 10.1. The Labute approximate surface area is 157 Å². The summed E-state index contributed by atoms with van der Waals surface area (Å²) in [6, 6.07) is 21.0. The maximum atomic E-state index is 12.6. The average Bonchev–Trinajstić information content (AvgIpc) is 2.75. The standard InChI is InChI=1S/C21H20N4O2/c26-21(19-11-10-17(23-24-19)16-6-2-1-3-7-16)22-18-8-4-5-9-20(18)25-12-14-27-15-13-25/h1-11H,12-15H2,(H,22,26). The van der Waals surface area contributed by atoms with Gasteiger partial charge in [0.15, 0.2) is 5.69 Å². The third-order valence-corrected chi connectivity index (χ3v) is 4.47. The quantitative estimate of drug-likeness (QED) is 0.774. The van der Waals surface area contributed by atoms with E-state index in [4.69, 9.17) is 4.74 Å². The molecule has 136 valence electrons. The first-order valence-electron chi connectivity index (χ1n) is 8.93. The number of benzene rings is 2. The zero-order chi connectivity index (χ0) is 18.5. The summed E-state index contributed by atoms with van der Waals surface area (Å²) < 4.78 is 5.41. The smallest absolute Gasteiger partial charge is 0.276 e. The molecule has 1 fully saturated rings. The third kappa shape index (κ3) is 3.96. The van der Waals surface area contributed by atoms with Gasteiger partial charge in [0.1, 0.15) is 0 Å². The predicted molar refractivity (Wildman–Crippen MR) is 105 cm³/mol. The lowest BCUT2D eigenvalue weighted by molar-refractivity contribution is 0.102. The van der Waals surface area contributed by atoms with Gasteiger partial charge in [0.05, 0.1) is 30.3 Å². The molecular weight excluding hydrogens is 340 g/mol. The molecule has 0 atom stereocenters. The van der Waals surface area contributed by atoms with Crippen molar-refractivity contribution in [3.05, 3.63) is 72.4 Å².